The van der Waals surface area contributed by atoms with Crippen LogP contribution in [0.5, 0.6) is 0 Å². The molecule has 0 spiro atoms. The topological polar surface area (TPSA) is 74.8 Å². The number of H-pyrrole nitrogens is 1. The Morgan fingerprint density at radius 3 is 2.83 bits per heavy atom. The summed E-state index contributed by atoms with van der Waals surface area (Å²) in [5.41, 5.74) is -0.272. The van der Waals surface area contributed by atoms with Gasteiger partial charge in [-0.3, -0.25) is 9.59 Å². The standard InChI is InChI=1S/C7H9N3O2/c1-4-8-6(10-5(2)11)3-7(12)9-4/h3H,1-2H3,(H2,8,9,10,11,12). The van der Waals surface area contributed by atoms with E-state index >= 15 is 0 Å². The molecule has 5 heteroatoms. The minimum atomic E-state index is -0.272. The monoisotopic (exact) mass is 167 g/mol. The third-order valence-corrected chi connectivity index (χ3v) is 1.16. The summed E-state index contributed by atoms with van der Waals surface area (Å²) in [6.07, 6.45) is 0. The van der Waals surface area contributed by atoms with Crippen molar-refractivity contribution in [3.05, 3.63) is 22.2 Å². The van der Waals surface area contributed by atoms with Gasteiger partial charge in [-0.2, -0.15) is 0 Å². The van der Waals surface area contributed by atoms with Gasteiger partial charge in [-0.25, -0.2) is 4.98 Å². The SMILES string of the molecule is CC(=O)Nc1cc(=O)[nH]c(C)n1. The lowest BCUT2D eigenvalue weighted by Crippen LogP contribution is -2.14. The largest absolute Gasteiger partial charge is 0.311 e. The molecule has 12 heavy (non-hydrogen) atoms. The van der Waals surface area contributed by atoms with Crippen molar-refractivity contribution in [1.29, 1.82) is 0 Å². The second-order valence-electron chi connectivity index (χ2n) is 2.40. The van der Waals surface area contributed by atoms with Crippen molar-refractivity contribution < 1.29 is 4.79 Å². The normalized spacial score (nSPS) is 9.50. The van der Waals surface area contributed by atoms with Gasteiger partial charge in [-0.05, 0) is 6.92 Å². The molecule has 1 amide bonds. The average molecular weight is 167 g/mol. The van der Waals surface area contributed by atoms with E-state index in [-0.39, 0.29) is 17.3 Å². The minimum Gasteiger partial charge on any atom is -0.311 e. The molecule has 0 aliphatic carbocycles. The van der Waals surface area contributed by atoms with Gasteiger partial charge in [0.25, 0.3) is 5.56 Å². The highest BCUT2D eigenvalue weighted by atomic mass is 16.1. The lowest BCUT2D eigenvalue weighted by atomic mass is 10.5. The van der Waals surface area contributed by atoms with Crippen LogP contribution in [0.3, 0.4) is 0 Å². The molecule has 0 bridgehead atoms. The van der Waals surface area contributed by atoms with Crippen LogP contribution in [-0.4, -0.2) is 15.9 Å². The van der Waals surface area contributed by atoms with E-state index in [9.17, 15) is 9.59 Å². The minimum absolute atomic E-state index is 0.243. The van der Waals surface area contributed by atoms with Crippen LogP contribution in [0.4, 0.5) is 5.82 Å². The lowest BCUT2D eigenvalue weighted by Gasteiger charge is -1.99. The number of amides is 1. The fraction of sp³-hybridized carbons (Fsp3) is 0.286. The lowest BCUT2D eigenvalue weighted by molar-refractivity contribution is -0.114. The highest BCUT2D eigenvalue weighted by Gasteiger charge is 1.98. The van der Waals surface area contributed by atoms with Crippen molar-refractivity contribution in [3.8, 4) is 0 Å². The van der Waals surface area contributed by atoms with Crippen LogP contribution in [0.15, 0.2) is 10.9 Å². The highest BCUT2D eigenvalue weighted by molar-refractivity contribution is 5.87. The van der Waals surface area contributed by atoms with Crippen LogP contribution >= 0.6 is 0 Å². The molecule has 0 unspecified atom stereocenters. The van der Waals surface area contributed by atoms with E-state index in [2.05, 4.69) is 15.3 Å². The summed E-state index contributed by atoms with van der Waals surface area (Å²) in [6, 6.07) is 1.23. The first-order chi connectivity index (χ1) is 5.58. The molecule has 0 aliphatic rings. The number of nitrogens with zero attached hydrogens (tertiary/aromatic N) is 1. The van der Waals surface area contributed by atoms with Crippen LogP contribution in [0.25, 0.3) is 0 Å². The van der Waals surface area contributed by atoms with E-state index in [1.807, 2.05) is 0 Å². The smallest absolute Gasteiger partial charge is 0.252 e. The van der Waals surface area contributed by atoms with Gasteiger partial charge in [0.15, 0.2) is 0 Å². The number of anilines is 1. The summed E-state index contributed by atoms with van der Waals surface area (Å²) in [5.74, 6) is 0.516. The third-order valence-electron chi connectivity index (χ3n) is 1.16. The number of aromatic nitrogens is 2. The fourth-order valence-corrected chi connectivity index (χ4v) is 0.824. The molecule has 0 fully saturated rings. The molecule has 0 atom stereocenters. The van der Waals surface area contributed by atoms with Crippen LogP contribution in [0, 0.1) is 6.92 Å². The second-order valence-corrected chi connectivity index (χ2v) is 2.40. The molecule has 0 aliphatic heterocycles. The van der Waals surface area contributed by atoms with Crippen molar-refractivity contribution in [3.63, 3.8) is 0 Å². The first-order valence-corrected chi connectivity index (χ1v) is 3.43. The summed E-state index contributed by atoms with van der Waals surface area (Å²) < 4.78 is 0. The van der Waals surface area contributed by atoms with E-state index in [1.54, 1.807) is 6.92 Å². The molecule has 5 nitrogen and oxygen atoms in total. The summed E-state index contributed by atoms with van der Waals surface area (Å²) >= 11 is 0. The Balaban J connectivity index is 3.01. The quantitative estimate of drug-likeness (QED) is 0.620. The summed E-state index contributed by atoms with van der Waals surface area (Å²) in [6.45, 7) is 3.00. The van der Waals surface area contributed by atoms with E-state index in [4.69, 9.17) is 0 Å². The Labute approximate surface area is 68.8 Å². The van der Waals surface area contributed by atoms with E-state index < -0.39 is 0 Å². The van der Waals surface area contributed by atoms with Gasteiger partial charge in [0.1, 0.15) is 11.6 Å². The Hall–Kier alpha value is -1.65. The summed E-state index contributed by atoms with van der Waals surface area (Å²) in [5, 5.41) is 2.42. The highest BCUT2D eigenvalue weighted by Crippen LogP contribution is 1.96. The molecule has 0 saturated heterocycles. The zero-order chi connectivity index (χ0) is 9.14. The maximum absolute atomic E-state index is 10.8. The maximum Gasteiger partial charge on any atom is 0.252 e. The average Bonchev–Trinajstić information content (AvgIpc) is 1.81. The van der Waals surface area contributed by atoms with E-state index in [1.165, 1.54) is 13.0 Å². The number of carbonyl (C=O) groups is 1. The van der Waals surface area contributed by atoms with Crippen molar-refractivity contribution in [2.24, 2.45) is 0 Å². The number of hydrogen-bond acceptors (Lipinski definition) is 3. The number of carbonyl (C=O) groups excluding carboxylic acids is 1. The van der Waals surface area contributed by atoms with Crippen LogP contribution in [0.2, 0.25) is 0 Å². The molecular formula is C7H9N3O2. The van der Waals surface area contributed by atoms with Crippen LogP contribution in [-0.2, 0) is 4.79 Å². The molecule has 1 aromatic heterocycles. The Bertz CT molecular complexity index is 356. The molecule has 0 saturated carbocycles. The summed E-state index contributed by atoms with van der Waals surface area (Å²) in [4.78, 5) is 27.8. The van der Waals surface area contributed by atoms with Gasteiger partial charge in [0.2, 0.25) is 5.91 Å². The number of aromatic amines is 1. The zero-order valence-corrected chi connectivity index (χ0v) is 6.84. The Morgan fingerprint density at radius 2 is 2.33 bits per heavy atom. The molecule has 0 radical (unpaired) electrons. The van der Waals surface area contributed by atoms with Gasteiger partial charge in [0.05, 0.1) is 0 Å². The first kappa shape index (κ1) is 8.45. The molecule has 1 aromatic rings. The Kier molecular flexibility index (Phi) is 2.23. The predicted molar refractivity (Wildman–Crippen MR) is 43.9 cm³/mol. The summed E-state index contributed by atoms with van der Waals surface area (Å²) in [7, 11) is 0. The second kappa shape index (κ2) is 3.17. The Morgan fingerprint density at radius 1 is 1.67 bits per heavy atom. The number of aryl methyl sites for hydroxylation is 1. The van der Waals surface area contributed by atoms with E-state index in [0.717, 1.165) is 0 Å². The number of hydrogen-bond donors (Lipinski definition) is 2. The first-order valence-electron chi connectivity index (χ1n) is 3.43. The molecule has 64 valence electrons. The van der Waals surface area contributed by atoms with Gasteiger partial charge in [-0.1, -0.05) is 0 Å². The third kappa shape index (κ3) is 2.19. The van der Waals surface area contributed by atoms with Gasteiger partial charge in [-0.15, -0.1) is 0 Å². The van der Waals surface area contributed by atoms with Crippen molar-refractivity contribution in [2.75, 3.05) is 5.32 Å². The van der Waals surface area contributed by atoms with Crippen molar-refractivity contribution in [2.45, 2.75) is 13.8 Å². The predicted octanol–water partition coefficient (Wildman–Crippen LogP) is 0.0367. The molecule has 0 aromatic carbocycles. The molecule has 2 N–H and O–H groups in total. The van der Waals surface area contributed by atoms with Crippen molar-refractivity contribution >= 4 is 11.7 Å². The zero-order valence-electron chi connectivity index (χ0n) is 6.84. The fourth-order valence-electron chi connectivity index (χ4n) is 0.824. The van der Waals surface area contributed by atoms with Gasteiger partial charge >= 0.3 is 0 Å². The number of rotatable bonds is 1. The molecule has 1 rings (SSSR count). The van der Waals surface area contributed by atoms with Gasteiger partial charge < -0.3 is 10.3 Å². The van der Waals surface area contributed by atoms with Crippen LogP contribution < -0.4 is 10.9 Å². The van der Waals surface area contributed by atoms with Crippen LogP contribution in [0.1, 0.15) is 12.7 Å². The van der Waals surface area contributed by atoms with Crippen molar-refractivity contribution in [1.82, 2.24) is 9.97 Å². The molecular weight excluding hydrogens is 158 g/mol. The number of nitrogens with one attached hydrogen (secondary N) is 2. The molecule has 1 heterocycles. The maximum atomic E-state index is 10.8. The van der Waals surface area contributed by atoms with Gasteiger partial charge in [0, 0.05) is 13.0 Å². The van der Waals surface area contributed by atoms with E-state index in [0.29, 0.717) is 5.82 Å².